The smallest absolute Gasteiger partial charge is 0.230 e. The van der Waals surface area contributed by atoms with Crippen molar-refractivity contribution in [1.29, 1.82) is 0 Å². The van der Waals surface area contributed by atoms with Crippen LogP contribution in [0.1, 0.15) is 40.9 Å². The number of aromatic nitrogens is 4. The van der Waals surface area contributed by atoms with E-state index in [2.05, 4.69) is 38.0 Å². The molecule has 0 saturated carbocycles. The van der Waals surface area contributed by atoms with Gasteiger partial charge < -0.3 is 15.4 Å². The van der Waals surface area contributed by atoms with Crippen LogP contribution in [0.15, 0.2) is 54.6 Å². The lowest BCUT2D eigenvalue weighted by molar-refractivity contribution is -0.116. The molecule has 4 rings (SSSR count). The standard InChI is InChI=1S/C28H32N6O5S3/c1-2-3-15-39-22-11-9-21(10-12-22)19-24(36)30-28-34-32-26(41-28)14-17-42(37,38)16-13-25-31-33-27(40-25)29-23(35)18-20-7-5-4-6-8-20/h4-12H,2-3,13-19H2,1H3,(H,29,33,35)(H,30,34,36). The van der Waals surface area contributed by atoms with E-state index >= 15 is 0 Å². The van der Waals surface area contributed by atoms with Crippen LogP contribution in [0.2, 0.25) is 0 Å². The fourth-order valence-corrected chi connectivity index (χ4v) is 6.71. The topological polar surface area (TPSA) is 153 Å². The molecule has 42 heavy (non-hydrogen) atoms. The molecule has 0 saturated heterocycles. The van der Waals surface area contributed by atoms with Crippen LogP contribution in [-0.2, 0) is 45.1 Å². The predicted molar refractivity (Wildman–Crippen MR) is 164 cm³/mol. The van der Waals surface area contributed by atoms with E-state index in [1.54, 1.807) is 0 Å². The van der Waals surface area contributed by atoms with Crippen molar-refractivity contribution < 1.29 is 22.7 Å². The van der Waals surface area contributed by atoms with Crippen molar-refractivity contribution in [3.63, 3.8) is 0 Å². The second-order valence-electron chi connectivity index (χ2n) is 9.44. The maximum atomic E-state index is 12.6. The Morgan fingerprint density at radius 1 is 0.762 bits per heavy atom. The summed E-state index contributed by atoms with van der Waals surface area (Å²) in [6.45, 7) is 2.77. The van der Waals surface area contributed by atoms with E-state index < -0.39 is 9.84 Å². The highest BCUT2D eigenvalue weighted by atomic mass is 32.2. The van der Waals surface area contributed by atoms with Gasteiger partial charge in [0.25, 0.3) is 0 Å². The number of nitrogens with zero attached hydrogens (tertiary/aromatic N) is 4. The molecule has 222 valence electrons. The van der Waals surface area contributed by atoms with Crippen LogP contribution in [0.3, 0.4) is 0 Å². The average molecular weight is 629 g/mol. The van der Waals surface area contributed by atoms with Gasteiger partial charge in [0.1, 0.15) is 15.8 Å². The van der Waals surface area contributed by atoms with E-state index in [1.807, 2.05) is 54.6 Å². The van der Waals surface area contributed by atoms with Gasteiger partial charge >= 0.3 is 0 Å². The van der Waals surface area contributed by atoms with Crippen molar-refractivity contribution in [2.24, 2.45) is 0 Å². The highest BCUT2D eigenvalue weighted by Crippen LogP contribution is 2.19. The minimum absolute atomic E-state index is 0.107. The molecule has 0 aliphatic heterocycles. The Labute approximate surface area is 252 Å². The van der Waals surface area contributed by atoms with E-state index in [0.717, 1.165) is 52.4 Å². The van der Waals surface area contributed by atoms with Gasteiger partial charge in [-0.05, 0) is 29.7 Å². The van der Waals surface area contributed by atoms with Gasteiger partial charge in [0, 0.05) is 12.8 Å². The molecule has 14 heteroatoms. The van der Waals surface area contributed by atoms with Crippen LogP contribution >= 0.6 is 22.7 Å². The van der Waals surface area contributed by atoms with Crippen molar-refractivity contribution in [2.75, 3.05) is 28.7 Å². The first-order valence-electron chi connectivity index (χ1n) is 13.5. The van der Waals surface area contributed by atoms with Crippen molar-refractivity contribution >= 4 is 54.6 Å². The number of rotatable bonds is 16. The van der Waals surface area contributed by atoms with Crippen molar-refractivity contribution in [3.05, 3.63) is 75.7 Å². The summed E-state index contributed by atoms with van der Waals surface area (Å²) in [5, 5.41) is 23.1. The molecule has 4 aromatic rings. The summed E-state index contributed by atoms with van der Waals surface area (Å²) in [5.74, 6) is 0.0998. The summed E-state index contributed by atoms with van der Waals surface area (Å²) in [7, 11) is -3.41. The van der Waals surface area contributed by atoms with E-state index in [9.17, 15) is 18.0 Å². The molecule has 2 heterocycles. The van der Waals surface area contributed by atoms with Gasteiger partial charge in [0.15, 0.2) is 9.84 Å². The molecule has 0 aliphatic rings. The van der Waals surface area contributed by atoms with Gasteiger partial charge in [-0.15, -0.1) is 20.4 Å². The number of ether oxygens (including phenoxy) is 1. The maximum Gasteiger partial charge on any atom is 0.230 e. The van der Waals surface area contributed by atoms with Crippen LogP contribution < -0.4 is 15.4 Å². The highest BCUT2D eigenvalue weighted by Gasteiger charge is 2.17. The Kier molecular flexibility index (Phi) is 11.5. The van der Waals surface area contributed by atoms with Gasteiger partial charge in [-0.1, -0.05) is 78.5 Å². The Bertz CT molecular complexity index is 1560. The third kappa shape index (κ3) is 10.6. The molecule has 0 spiro atoms. The van der Waals surface area contributed by atoms with Gasteiger partial charge in [0.05, 0.1) is 31.0 Å². The summed E-state index contributed by atoms with van der Waals surface area (Å²) in [4.78, 5) is 24.6. The number of anilines is 2. The lowest BCUT2D eigenvalue weighted by Crippen LogP contribution is -2.14. The number of unbranched alkanes of at least 4 members (excludes halogenated alkanes) is 1. The lowest BCUT2D eigenvalue weighted by Gasteiger charge is -2.06. The van der Waals surface area contributed by atoms with E-state index in [4.69, 9.17) is 4.74 Å². The van der Waals surface area contributed by atoms with Crippen LogP contribution in [0.5, 0.6) is 5.75 Å². The van der Waals surface area contributed by atoms with Crippen molar-refractivity contribution in [2.45, 2.75) is 45.4 Å². The van der Waals surface area contributed by atoms with E-state index in [-0.39, 0.29) is 49.0 Å². The molecule has 0 aliphatic carbocycles. The van der Waals surface area contributed by atoms with Crippen LogP contribution in [0.4, 0.5) is 10.3 Å². The zero-order chi connectivity index (χ0) is 29.8. The highest BCUT2D eigenvalue weighted by molar-refractivity contribution is 7.91. The quantitative estimate of drug-likeness (QED) is 0.174. The first kappa shape index (κ1) is 31.2. The fourth-order valence-electron chi connectivity index (χ4n) is 3.73. The minimum atomic E-state index is -3.41. The van der Waals surface area contributed by atoms with Crippen LogP contribution in [-0.4, -0.2) is 58.7 Å². The molecule has 2 N–H and O–H groups in total. The van der Waals surface area contributed by atoms with Gasteiger partial charge in [0.2, 0.25) is 22.1 Å². The third-order valence-electron chi connectivity index (χ3n) is 5.94. The first-order valence-corrected chi connectivity index (χ1v) is 16.9. The molecular formula is C28H32N6O5S3. The van der Waals surface area contributed by atoms with Crippen molar-refractivity contribution in [1.82, 2.24) is 20.4 Å². The molecule has 2 amide bonds. The van der Waals surface area contributed by atoms with Gasteiger partial charge in [-0.25, -0.2) is 8.42 Å². The second kappa shape index (κ2) is 15.5. The molecule has 11 nitrogen and oxygen atoms in total. The molecule has 0 bridgehead atoms. The van der Waals surface area contributed by atoms with E-state index in [0.29, 0.717) is 26.9 Å². The minimum Gasteiger partial charge on any atom is -0.494 e. The number of aryl methyl sites for hydroxylation is 2. The number of sulfone groups is 1. The Morgan fingerprint density at radius 3 is 1.81 bits per heavy atom. The molecule has 0 atom stereocenters. The number of carbonyl (C=O) groups is 2. The van der Waals surface area contributed by atoms with Crippen molar-refractivity contribution in [3.8, 4) is 5.75 Å². The zero-order valence-corrected chi connectivity index (χ0v) is 25.6. The Morgan fingerprint density at radius 2 is 1.29 bits per heavy atom. The third-order valence-corrected chi connectivity index (χ3v) is 9.39. The summed E-state index contributed by atoms with van der Waals surface area (Å²) in [6, 6.07) is 16.7. The van der Waals surface area contributed by atoms with Crippen LogP contribution in [0.25, 0.3) is 0 Å². The molecular weight excluding hydrogens is 597 g/mol. The average Bonchev–Trinajstić information content (AvgIpc) is 3.61. The Balaban J connectivity index is 1.17. The zero-order valence-electron chi connectivity index (χ0n) is 23.1. The summed E-state index contributed by atoms with van der Waals surface area (Å²) >= 11 is 2.31. The summed E-state index contributed by atoms with van der Waals surface area (Å²) in [5.41, 5.74) is 1.72. The van der Waals surface area contributed by atoms with Gasteiger partial charge in [-0.3, -0.25) is 9.59 Å². The van der Waals surface area contributed by atoms with Gasteiger partial charge in [-0.2, -0.15) is 0 Å². The predicted octanol–water partition coefficient (Wildman–Crippen LogP) is 4.13. The molecule has 2 aromatic carbocycles. The number of amides is 2. The SMILES string of the molecule is CCCCOc1ccc(CC(=O)Nc2nnc(CCS(=O)(=O)CCc3nnc(NC(=O)Cc4ccccc4)s3)s2)cc1. The number of carbonyl (C=O) groups excluding carboxylic acids is 2. The summed E-state index contributed by atoms with van der Waals surface area (Å²) < 4.78 is 30.9. The summed E-state index contributed by atoms with van der Waals surface area (Å²) in [6.07, 6.45) is 2.81. The van der Waals surface area contributed by atoms with Crippen LogP contribution in [0, 0.1) is 0 Å². The monoisotopic (exact) mass is 628 g/mol. The molecule has 0 unspecified atom stereocenters. The van der Waals surface area contributed by atoms with E-state index in [1.165, 1.54) is 0 Å². The molecule has 0 fully saturated rings. The fraction of sp³-hybridized carbons (Fsp3) is 0.357. The Hall–Kier alpha value is -3.75. The number of nitrogens with one attached hydrogen (secondary N) is 2. The molecule has 2 aromatic heterocycles. The number of hydrogen-bond donors (Lipinski definition) is 2. The first-order chi connectivity index (χ1) is 20.3. The second-order valence-corrected chi connectivity index (χ2v) is 13.9. The maximum absolute atomic E-state index is 12.6. The number of hydrogen-bond acceptors (Lipinski definition) is 11. The lowest BCUT2D eigenvalue weighted by atomic mass is 10.1. The largest absolute Gasteiger partial charge is 0.494 e. The molecule has 0 radical (unpaired) electrons. The normalized spacial score (nSPS) is 11.3. The number of benzene rings is 2.